The number of carbonyl (C=O) groups excluding carboxylic acids is 2. The first-order chi connectivity index (χ1) is 12.6. The summed E-state index contributed by atoms with van der Waals surface area (Å²) in [6.07, 6.45) is 0. The van der Waals surface area contributed by atoms with Crippen molar-refractivity contribution in [3.63, 3.8) is 0 Å². The number of hydrogen-bond donors (Lipinski definition) is 2. The van der Waals surface area contributed by atoms with E-state index in [1.807, 2.05) is 61.5 Å². The molecule has 0 heterocycles. The molecular formula is C22H20N2O2. The van der Waals surface area contributed by atoms with E-state index in [9.17, 15) is 9.59 Å². The predicted molar refractivity (Wildman–Crippen MR) is 104 cm³/mol. The van der Waals surface area contributed by atoms with Crippen molar-refractivity contribution in [3.8, 4) is 11.1 Å². The molecule has 0 aliphatic heterocycles. The van der Waals surface area contributed by atoms with Gasteiger partial charge in [-0.2, -0.15) is 0 Å². The van der Waals surface area contributed by atoms with E-state index < -0.39 is 0 Å². The smallest absolute Gasteiger partial charge is 0.255 e. The highest BCUT2D eigenvalue weighted by atomic mass is 16.2. The standard InChI is InChI=1S/C22H20N2O2/c1-15-14-19(21(25)23-2)12-13-20(15)24-22(26)18-10-8-17(9-11-18)16-6-4-3-5-7-16/h3-14H,1-2H3,(H,23,25)(H,24,26). The summed E-state index contributed by atoms with van der Waals surface area (Å²) in [6, 6.07) is 22.7. The first-order valence-corrected chi connectivity index (χ1v) is 8.38. The van der Waals surface area contributed by atoms with Crippen LogP contribution in [0.5, 0.6) is 0 Å². The number of carbonyl (C=O) groups is 2. The van der Waals surface area contributed by atoms with Crippen molar-refractivity contribution in [1.82, 2.24) is 5.32 Å². The average molecular weight is 344 g/mol. The summed E-state index contributed by atoms with van der Waals surface area (Å²) in [7, 11) is 1.59. The summed E-state index contributed by atoms with van der Waals surface area (Å²) in [4.78, 5) is 24.2. The van der Waals surface area contributed by atoms with Crippen molar-refractivity contribution < 1.29 is 9.59 Å². The second kappa shape index (κ2) is 7.66. The summed E-state index contributed by atoms with van der Waals surface area (Å²) in [6.45, 7) is 1.86. The van der Waals surface area contributed by atoms with Crippen LogP contribution in [-0.2, 0) is 0 Å². The van der Waals surface area contributed by atoms with Gasteiger partial charge in [0.2, 0.25) is 0 Å². The zero-order valence-electron chi connectivity index (χ0n) is 14.7. The second-order valence-corrected chi connectivity index (χ2v) is 6.01. The van der Waals surface area contributed by atoms with E-state index in [1.54, 1.807) is 25.2 Å². The van der Waals surface area contributed by atoms with E-state index in [4.69, 9.17) is 0 Å². The third-order valence-corrected chi connectivity index (χ3v) is 4.22. The van der Waals surface area contributed by atoms with Gasteiger partial charge >= 0.3 is 0 Å². The molecule has 3 aromatic rings. The van der Waals surface area contributed by atoms with Gasteiger partial charge < -0.3 is 10.6 Å². The Morgan fingerprint density at radius 3 is 1.96 bits per heavy atom. The van der Waals surface area contributed by atoms with Crippen LogP contribution in [0.2, 0.25) is 0 Å². The molecule has 130 valence electrons. The number of nitrogens with one attached hydrogen (secondary N) is 2. The SMILES string of the molecule is CNC(=O)c1ccc(NC(=O)c2ccc(-c3ccccc3)cc2)c(C)c1. The van der Waals surface area contributed by atoms with Gasteiger partial charge in [0.1, 0.15) is 0 Å². The zero-order chi connectivity index (χ0) is 18.5. The summed E-state index contributed by atoms with van der Waals surface area (Å²) < 4.78 is 0. The first kappa shape index (κ1) is 17.4. The lowest BCUT2D eigenvalue weighted by Gasteiger charge is -2.10. The number of rotatable bonds is 4. The summed E-state index contributed by atoms with van der Waals surface area (Å²) in [5, 5.41) is 5.49. The van der Waals surface area contributed by atoms with Crippen LogP contribution in [0.25, 0.3) is 11.1 Å². The van der Waals surface area contributed by atoms with Gasteiger partial charge in [0, 0.05) is 23.9 Å². The van der Waals surface area contributed by atoms with Gasteiger partial charge in [0.15, 0.2) is 0 Å². The first-order valence-electron chi connectivity index (χ1n) is 8.38. The van der Waals surface area contributed by atoms with Gasteiger partial charge in [-0.25, -0.2) is 0 Å². The molecule has 2 N–H and O–H groups in total. The number of benzene rings is 3. The van der Waals surface area contributed by atoms with Gasteiger partial charge in [-0.05, 0) is 53.9 Å². The molecule has 0 saturated heterocycles. The molecule has 0 aliphatic rings. The van der Waals surface area contributed by atoms with E-state index in [0.29, 0.717) is 16.8 Å². The summed E-state index contributed by atoms with van der Waals surface area (Å²) >= 11 is 0. The Morgan fingerprint density at radius 2 is 1.35 bits per heavy atom. The molecule has 26 heavy (non-hydrogen) atoms. The molecule has 0 bridgehead atoms. The van der Waals surface area contributed by atoms with Crippen LogP contribution < -0.4 is 10.6 Å². The zero-order valence-corrected chi connectivity index (χ0v) is 14.7. The molecule has 0 aliphatic carbocycles. The fraction of sp³-hybridized carbons (Fsp3) is 0.0909. The van der Waals surface area contributed by atoms with Crippen LogP contribution in [0.15, 0.2) is 72.8 Å². The van der Waals surface area contributed by atoms with Crippen molar-refractivity contribution >= 4 is 17.5 Å². The van der Waals surface area contributed by atoms with Crippen LogP contribution >= 0.6 is 0 Å². The summed E-state index contributed by atoms with van der Waals surface area (Å²) in [5.41, 5.74) is 4.85. The van der Waals surface area contributed by atoms with Gasteiger partial charge in [-0.15, -0.1) is 0 Å². The fourth-order valence-electron chi connectivity index (χ4n) is 2.73. The Labute approximate surface area is 152 Å². The van der Waals surface area contributed by atoms with E-state index in [-0.39, 0.29) is 11.8 Å². The van der Waals surface area contributed by atoms with Crippen LogP contribution in [0.4, 0.5) is 5.69 Å². The predicted octanol–water partition coefficient (Wildman–Crippen LogP) is 4.27. The van der Waals surface area contributed by atoms with Crippen molar-refractivity contribution in [2.24, 2.45) is 0 Å². The van der Waals surface area contributed by atoms with Crippen molar-refractivity contribution in [2.75, 3.05) is 12.4 Å². The molecule has 0 spiro atoms. The number of aryl methyl sites for hydroxylation is 1. The normalized spacial score (nSPS) is 10.2. The molecule has 3 rings (SSSR count). The Kier molecular flexibility index (Phi) is 5.13. The van der Waals surface area contributed by atoms with Crippen LogP contribution in [0.3, 0.4) is 0 Å². The maximum absolute atomic E-state index is 12.5. The maximum atomic E-state index is 12.5. The average Bonchev–Trinajstić information content (AvgIpc) is 2.69. The molecule has 2 amide bonds. The van der Waals surface area contributed by atoms with E-state index in [2.05, 4.69) is 10.6 Å². The highest BCUT2D eigenvalue weighted by molar-refractivity contribution is 6.05. The molecule has 4 nitrogen and oxygen atoms in total. The molecule has 3 aromatic carbocycles. The Balaban J connectivity index is 1.75. The highest BCUT2D eigenvalue weighted by Gasteiger charge is 2.10. The fourth-order valence-corrected chi connectivity index (χ4v) is 2.73. The Hall–Kier alpha value is -3.40. The third-order valence-electron chi connectivity index (χ3n) is 4.22. The van der Waals surface area contributed by atoms with Gasteiger partial charge in [0.05, 0.1) is 0 Å². The molecule has 0 saturated carbocycles. The Bertz CT molecular complexity index is 932. The second-order valence-electron chi connectivity index (χ2n) is 6.01. The van der Waals surface area contributed by atoms with Crippen molar-refractivity contribution in [1.29, 1.82) is 0 Å². The van der Waals surface area contributed by atoms with E-state index in [0.717, 1.165) is 16.7 Å². The van der Waals surface area contributed by atoms with Crippen molar-refractivity contribution in [2.45, 2.75) is 6.92 Å². The molecule has 0 unspecified atom stereocenters. The molecule has 0 atom stereocenters. The molecule has 0 fully saturated rings. The molecule has 0 aromatic heterocycles. The molecule has 4 heteroatoms. The van der Waals surface area contributed by atoms with Crippen LogP contribution in [-0.4, -0.2) is 18.9 Å². The lowest BCUT2D eigenvalue weighted by atomic mass is 10.0. The quantitative estimate of drug-likeness (QED) is 0.742. The highest BCUT2D eigenvalue weighted by Crippen LogP contribution is 2.21. The van der Waals surface area contributed by atoms with Crippen LogP contribution in [0, 0.1) is 6.92 Å². The number of amides is 2. The van der Waals surface area contributed by atoms with E-state index >= 15 is 0 Å². The van der Waals surface area contributed by atoms with Gasteiger partial charge in [-0.3, -0.25) is 9.59 Å². The van der Waals surface area contributed by atoms with Gasteiger partial charge in [0.25, 0.3) is 11.8 Å². The number of hydrogen-bond acceptors (Lipinski definition) is 2. The van der Waals surface area contributed by atoms with Gasteiger partial charge in [-0.1, -0.05) is 42.5 Å². The lowest BCUT2D eigenvalue weighted by molar-refractivity contribution is 0.0962. The maximum Gasteiger partial charge on any atom is 0.255 e. The van der Waals surface area contributed by atoms with Crippen LogP contribution in [0.1, 0.15) is 26.3 Å². The minimum atomic E-state index is -0.180. The Morgan fingerprint density at radius 1 is 0.731 bits per heavy atom. The monoisotopic (exact) mass is 344 g/mol. The minimum Gasteiger partial charge on any atom is -0.355 e. The van der Waals surface area contributed by atoms with E-state index in [1.165, 1.54) is 0 Å². The molecular weight excluding hydrogens is 324 g/mol. The largest absolute Gasteiger partial charge is 0.355 e. The molecule has 0 radical (unpaired) electrons. The minimum absolute atomic E-state index is 0.150. The lowest BCUT2D eigenvalue weighted by Crippen LogP contribution is -2.18. The number of anilines is 1. The third kappa shape index (κ3) is 3.81. The van der Waals surface area contributed by atoms with Crippen molar-refractivity contribution in [3.05, 3.63) is 89.5 Å². The topological polar surface area (TPSA) is 58.2 Å². The summed E-state index contributed by atoms with van der Waals surface area (Å²) in [5.74, 6) is -0.331.